The van der Waals surface area contributed by atoms with Crippen LogP contribution in [0.25, 0.3) is 0 Å². The zero-order chi connectivity index (χ0) is 17.3. The lowest BCUT2D eigenvalue weighted by Crippen LogP contribution is -2.45. The fourth-order valence-electron chi connectivity index (χ4n) is 4.21. The van der Waals surface area contributed by atoms with Crippen molar-refractivity contribution in [3.63, 3.8) is 0 Å². The molecule has 1 fully saturated rings. The van der Waals surface area contributed by atoms with Crippen LogP contribution in [-0.4, -0.2) is 55.3 Å². The van der Waals surface area contributed by atoms with Gasteiger partial charge in [0.15, 0.2) is 0 Å². The fourth-order valence-corrected chi connectivity index (χ4v) is 4.21. The largest absolute Gasteiger partial charge is 0.349 e. The van der Waals surface area contributed by atoms with E-state index in [0.29, 0.717) is 6.54 Å². The normalized spacial score (nSPS) is 22.2. The Hall–Kier alpha value is -1.88. The smallest absolute Gasteiger partial charge is 0.236 e. The second-order valence-electron chi connectivity index (χ2n) is 7.39. The van der Waals surface area contributed by atoms with Crippen LogP contribution >= 0.6 is 0 Å². The van der Waals surface area contributed by atoms with E-state index in [4.69, 9.17) is 0 Å². The van der Waals surface area contributed by atoms with Gasteiger partial charge in [-0.05, 0) is 43.5 Å². The fraction of sp³-hybridized carbons (Fsp3) is 0.579. The van der Waals surface area contributed by atoms with Crippen LogP contribution in [0.1, 0.15) is 43.4 Å². The second kappa shape index (κ2) is 6.55. The molecule has 0 unspecified atom stereocenters. The van der Waals surface area contributed by atoms with E-state index in [-0.39, 0.29) is 23.3 Å². The van der Waals surface area contributed by atoms with Gasteiger partial charge in [-0.2, -0.15) is 0 Å². The van der Waals surface area contributed by atoms with Gasteiger partial charge in [0.25, 0.3) is 0 Å². The Bertz CT molecular complexity index is 633. The molecule has 5 heteroatoms. The van der Waals surface area contributed by atoms with Crippen LogP contribution in [0.15, 0.2) is 24.3 Å². The maximum Gasteiger partial charge on any atom is 0.236 e. The molecule has 24 heavy (non-hydrogen) atoms. The molecule has 1 heterocycles. The van der Waals surface area contributed by atoms with Crippen LogP contribution < -0.4 is 5.32 Å². The van der Waals surface area contributed by atoms with E-state index in [1.807, 2.05) is 0 Å². The van der Waals surface area contributed by atoms with Crippen molar-refractivity contribution in [1.29, 1.82) is 0 Å². The van der Waals surface area contributed by atoms with Crippen LogP contribution in [0.4, 0.5) is 0 Å². The predicted octanol–water partition coefficient (Wildman–Crippen LogP) is 1.69. The maximum atomic E-state index is 11.9. The Morgan fingerprint density at radius 1 is 1.25 bits per heavy atom. The number of likely N-dealkylation sites (tertiary alicyclic amines) is 1. The number of carbonyl (C=O) groups is 2. The number of rotatable bonds is 3. The third-order valence-electron chi connectivity index (χ3n) is 5.55. The molecule has 3 rings (SSSR count). The molecule has 1 saturated heterocycles. The molecular formula is C19H27N3O2. The first-order chi connectivity index (χ1) is 11.4. The molecule has 2 aliphatic rings. The highest BCUT2D eigenvalue weighted by Gasteiger charge is 2.45. The number of carbonyl (C=O) groups excluding carboxylic acids is 2. The predicted molar refractivity (Wildman–Crippen MR) is 93.7 cm³/mol. The van der Waals surface area contributed by atoms with Crippen LogP contribution in [0, 0.1) is 0 Å². The highest BCUT2D eigenvalue weighted by Crippen LogP contribution is 2.50. The molecule has 2 amide bonds. The first kappa shape index (κ1) is 17.0. The molecule has 0 saturated carbocycles. The Labute approximate surface area is 144 Å². The van der Waals surface area contributed by atoms with Gasteiger partial charge in [0.1, 0.15) is 0 Å². The van der Waals surface area contributed by atoms with E-state index >= 15 is 0 Å². The van der Waals surface area contributed by atoms with Gasteiger partial charge < -0.3 is 10.2 Å². The van der Waals surface area contributed by atoms with Crippen molar-refractivity contribution in [2.45, 2.75) is 37.6 Å². The summed E-state index contributed by atoms with van der Waals surface area (Å²) in [7, 11) is 3.61. The molecule has 1 atom stereocenters. The quantitative estimate of drug-likeness (QED) is 0.918. The van der Waals surface area contributed by atoms with Gasteiger partial charge in [-0.1, -0.05) is 24.3 Å². The van der Waals surface area contributed by atoms with Crippen LogP contribution in [0.5, 0.6) is 0 Å². The monoisotopic (exact) mass is 329 g/mol. The SMILES string of the molecule is CC(=O)N[C@H]1CC2(CCN(CC(=O)N(C)C)CC2)c2ccccc21. The number of fused-ring (bicyclic) bond motifs is 2. The van der Waals surface area contributed by atoms with E-state index in [9.17, 15) is 9.59 Å². The van der Waals surface area contributed by atoms with Crippen molar-refractivity contribution < 1.29 is 9.59 Å². The molecule has 0 bridgehead atoms. The number of benzene rings is 1. The van der Waals surface area contributed by atoms with Gasteiger partial charge in [0, 0.05) is 26.4 Å². The zero-order valence-electron chi connectivity index (χ0n) is 14.8. The van der Waals surface area contributed by atoms with Crippen molar-refractivity contribution >= 4 is 11.8 Å². The van der Waals surface area contributed by atoms with E-state index in [1.165, 1.54) is 11.1 Å². The standard InChI is InChI=1S/C19H27N3O2/c1-14(23)20-17-12-19(16-7-5-4-6-15(16)17)8-10-22(11-9-19)13-18(24)21(2)3/h4-7,17H,8-13H2,1-3H3,(H,20,23)/t17-/m0/s1. The summed E-state index contributed by atoms with van der Waals surface area (Å²) in [5, 5.41) is 3.11. The van der Waals surface area contributed by atoms with Gasteiger partial charge in [-0.25, -0.2) is 0 Å². The van der Waals surface area contributed by atoms with E-state index in [1.54, 1.807) is 25.9 Å². The summed E-state index contributed by atoms with van der Waals surface area (Å²) >= 11 is 0. The summed E-state index contributed by atoms with van der Waals surface area (Å²) in [5.74, 6) is 0.190. The molecule has 0 aromatic heterocycles. The molecular weight excluding hydrogens is 302 g/mol. The highest BCUT2D eigenvalue weighted by molar-refractivity contribution is 5.77. The highest BCUT2D eigenvalue weighted by atomic mass is 16.2. The molecule has 5 nitrogen and oxygen atoms in total. The summed E-state index contributed by atoms with van der Waals surface area (Å²) in [6.07, 6.45) is 3.06. The first-order valence-corrected chi connectivity index (χ1v) is 8.70. The summed E-state index contributed by atoms with van der Waals surface area (Å²) in [4.78, 5) is 27.4. The second-order valence-corrected chi connectivity index (χ2v) is 7.39. The van der Waals surface area contributed by atoms with Crippen LogP contribution in [0.2, 0.25) is 0 Å². The lowest BCUT2D eigenvalue weighted by atomic mass is 9.73. The first-order valence-electron chi connectivity index (χ1n) is 8.70. The molecule has 1 N–H and O–H groups in total. The van der Waals surface area contributed by atoms with Crippen molar-refractivity contribution in [2.24, 2.45) is 0 Å². The summed E-state index contributed by atoms with van der Waals surface area (Å²) in [5.41, 5.74) is 2.80. The third kappa shape index (κ3) is 3.18. The van der Waals surface area contributed by atoms with E-state index in [0.717, 1.165) is 32.4 Å². The molecule has 1 spiro atoms. The maximum absolute atomic E-state index is 11.9. The molecule has 0 radical (unpaired) electrons. The number of nitrogens with one attached hydrogen (secondary N) is 1. The topological polar surface area (TPSA) is 52.7 Å². The summed E-state index contributed by atoms with van der Waals surface area (Å²) in [6.45, 7) is 3.95. The van der Waals surface area contributed by atoms with Crippen LogP contribution in [-0.2, 0) is 15.0 Å². The Morgan fingerprint density at radius 3 is 2.54 bits per heavy atom. The number of hydrogen-bond donors (Lipinski definition) is 1. The van der Waals surface area contributed by atoms with Crippen molar-refractivity contribution in [2.75, 3.05) is 33.7 Å². The number of likely N-dealkylation sites (N-methyl/N-ethyl adjacent to an activating group) is 1. The summed E-state index contributed by atoms with van der Waals surface area (Å²) in [6, 6.07) is 8.63. The number of nitrogens with zero attached hydrogens (tertiary/aromatic N) is 2. The average Bonchev–Trinajstić information content (AvgIpc) is 2.83. The van der Waals surface area contributed by atoms with E-state index < -0.39 is 0 Å². The van der Waals surface area contributed by atoms with E-state index in [2.05, 4.69) is 34.5 Å². The van der Waals surface area contributed by atoms with Gasteiger partial charge in [0.05, 0.1) is 12.6 Å². The lowest BCUT2D eigenvalue weighted by molar-refractivity contribution is -0.130. The van der Waals surface area contributed by atoms with Gasteiger partial charge in [0.2, 0.25) is 11.8 Å². The van der Waals surface area contributed by atoms with Crippen molar-refractivity contribution in [1.82, 2.24) is 15.1 Å². The summed E-state index contributed by atoms with van der Waals surface area (Å²) < 4.78 is 0. The lowest BCUT2D eigenvalue weighted by Gasteiger charge is -2.40. The molecule has 1 aliphatic carbocycles. The molecule has 1 aromatic carbocycles. The Morgan fingerprint density at radius 2 is 1.92 bits per heavy atom. The van der Waals surface area contributed by atoms with Gasteiger partial charge in [-0.15, -0.1) is 0 Å². The van der Waals surface area contributed by atoms with Gasteiger partial charge >= 0.3 is 0 Å². The Kier molecular flexibility index (Phi) is 4.63. The minimum atomic E-state index is 0.0286. The number of amides is 2. The third-order valence-corrected chi connectivity index (χ3v) is 5.55. The minimum absolute atomic E-state index is 0.0286. The Balaban J connectivity index is 1.74. The van der Waals surface area contributed by atoms with Gasteiger partial charge in [-0.3, -0.25) is 14.5 Å². The molecule has 130 valence electrons. The number of hydrogen-bond acceptors (Lipinski definition) is 3. The minimum Gasteiger partial charge on any atom is -0.349 e. The van der Waals surface area contributed by atoms with Crippen molar-refractivity contribution in [3.05, 3.63) is 35.4 Å². The number of piperidine rings is 1. The molecule has 1 aliphatic heterocycles. The van der Waals surface area contributed by atoms with Crippen molar-refractivity contribution in [3.8, 4) is 0 Å². The zero-order valence-corrected chi connectivity index (χ0v) is 14.8. The van der Waals surface area contributed by atoms with Crippen LogP contribution in [0.3, 0.4) is 0 Å². The molecule has 1 aromatic rings. The average molecular weight is 329 g/mol.